The third kappa shape index (κ3) is 6.08. The Balaban J connectivity index is 1.55. The molecule has 1 saturated heterocycles. The number of nitrogens with one attached hydrogen (secondary N) is 2. The SMILES string of the molecule is Cc1ccccc1NC(CCNC(=O)CN1CCOCC1)c1ccccc1. The van der Waals surface area contributed by atoms with Crippen molar-refractivity contribution in [3.63, 3.8) is 0 Å². The lowest BCUT2D eigenvalue weighted by atomic mass is 10.0. The summed E-state index contributed by atoms with van der Waals surface area (Å²) in [6.07, 6.45) is 0.827. The molecule has 1 aliphatic rings. The highest BCUT2D eigenvalue weighted by Crippen LogP contribution is 2.24. The Bertz CT molecular complexity index is 715. The predicted molar refractivity (Wildman–Crippen MR) is 109 cm³/mol. The molecule has 0 aliphatic carbocycles. The second kappa shape index (κ2) is 10.1. The molecule has 1 heterocycles. The van der Waals surface area contributed by atoms with Crippen LogP contribution in [0.1, 0.15) is 23.6 Å². The van der Waals surface area contributed by atoms with E-state index in [9.17, 15) is 4.79 Å². The van der Waals surface area contributed by atoms with Gasteiger partial charge in [0, 0.05) is 25.3 Å². The Morgan fingerprint density at radius 3 is 2.52 bits per heavy atom. The van der Waals surface area contributed by atoms with Gasteiger partial charge in [-0.1, -0.05) is 48.5 Å². The second-order valence-electron chi connectivity index (χ2n) is 6.95. The van der Waals surface area contributed by atoms with Gasteiger partial charge in [-0.25, -0.2) is 0 Å². The molecule has 1 atom stereocenters. The van der Waals surface area contributed by atoms with Crippen molar-refractivity contribution < 1.29 is 9.53 Å². The average Bonchev–Trinajstić information content (AvgIpc) is 2.70. The molecule has 0 saturated carbocycles. The van der Waals surface area contributed by atoms with Crippen LogP contribution in [0.2, 0.25) is 0 Å². The van der Waals surface area contributed by atoms with E-state index in [2.05, 4.69) is 58.9 Å². The van der Waals surface area contributed by atoms with E-state index in [0.29, 0.717) is 26.3 Å². The number of anilines is 1. The number of hydrogen-bond acceptors (Lipinski definition) is 4. The molecular formula is C22H29N3O2. The molecule has 144 valence electrons. The average molecular weight is 367 g/mol. The van der Waals surface area contributed by atoms with Crippen LogP contribution >= 0.6 is 0 Å². The number of benzene rings is 2. The summed E-state index contributed by atoms with van der Waals surface area (Å²) in [6, 6.07) is 18.8. The molecule has 1 fully saturated rings. The Morgan fingerprint density at radius 1 is 1.07 bits per heavy atom. The van der Waals surface area contributed by atoms with Crippen LogP contribution in [0.15, 0.2) is 54.6 Å². The maximum Gasteiger partial charge on any atom is 0.234 e. The first-order chi connectivity index (χ1) is 13.2. The lowest BCUT2D eigenvalue weighted by Crippen LogP contribution is -2.43. The Hall–Kier alpha value is -2.37. The molecule has 27 heavy (non-hydrogen) atoms. The van der Waals surface area contributed by atoms with E-state index in [0.717, 1.165) is 25.2 Å². The van der Waals surface area contributed by atoms with Crippen molar-refractivity contribution >= 4 is 11.6 Å². The minimum Gasteiger partial charge on any atom is -0.379 e. The van der Waals surface area contributed by atoms with Gasteiger partial charge in [0.05, 0.1) is 25.8 Å². The summed E-state index contributed by atoms with van der Waals surface area (Å²) in [7, 11) is 0. The first-order valence-corrected chi connectivity index (χ1v) is 9.66. The Labute approximate surface area is 161 Å². The predicted octanol–water partition coefficient (Wildman–Crippen LogP) is 2.99. The minimum absolute atomic E-state index is 0.0830. The van der Waals surface area contributed by atoms with Gasteiger partial charge in [0.2, 0.25) is 5.91 Å². The molecule has 0 spiro atoms. The van der Waals surface area contributed by atoms with E-state index in [4.69, 9.17) is 4.74 Å². The fourth-order valence-corrected chi connectivity index (χ4v) is 3.30. The summed E-state index contributed by atoms with van der Waals surface area (Å²) in [5, 5.41) is 6.71. The summed E-state index contributed by atoms with van der Waals surface area (Å²) >= 11 is 0. The summed E-state index contributed by atoms with van der Waals surface area (Å²) in [6.45, 7) is 6.28. The Kier molecular flexibility index (Phi) is 7.25. The van der Waals surface area contributed by atoms with Crippen molar-refractivity contribution in [1.82, 2.24) is 10.2 Å². The molecule has 1 amide bonds. The van der Waals surface area contributed by atoms with Gasteiger partial charge in [-0.3, -0.25) is 9.69 Å². The third-order valence-electron chi connectivity index (χ3n) is 4.90. The third-order valence-corrected chi connectivity index (χ3v) is 4.90. The van der Waals surface area contributed by atoms with E-state index in [-0.39, 0.29) is 11.9 Å². The monoisotopic (exact) mass is 367 g/mol. The summed E-state index contributed by atoms with van der Waals surface area (Å²) in [5.74, 6) is 0.0830. The smallest absolute Gasteiger partial charge is 0.234 e. The van der Waals surface area contributed by atoms with Crippen molar-refractivity contribution in [2.75, 3.05) is 44.7 Å². The number of ether oxygens (including phenoxy) is 1. The number of rotatable bonds is 8. The maximum absolute atomic E-state index is 12.2. The number of carbonyl (C=O) groups is 1. The summed E-state index contributed by atoms with van der Waals surface area (Å²) in [4.78, 5) is 14.4. The molecule has 0 radical (unpaired) electrons. The minimum atomic E-state index is 0.0830. The fraction of sp³-hybridized carbons (Fsp3) is 0.409. The molecule has 5 heteroatoms. The van der Waals surface area contributed by atoms with E-state index in [1.54, 1.807) is 0 Å². The van der Waals surface area contributed by atoms with Gasteiger partial charge in [-0.2, -0.15) is 0 Å². The van der Waals surface area contributed by atoms with Crippen LogP contribution in [0.25, 0.3) is 0 Å². The normalized spacial score (nSPS) is 15.9. The summed E-state index contributed by atoms with van der Waals surface area (Å²) < 4.78 is 5.33. The standard InChI is InChI=1S/C22H29N3O2/c1-18-7-5-6-10-20(18)24-21(19-8-3-2-4-9-19)11-12-23-22(26)17-25-13-15-27-16-14-25/h2-10,21,24H,11-17H2,1H3,(H,23,26). The van der Waals surface area contributed by atoms with Gasteiger partial charge in [-0.15, -0.1) is 0 Å². The van der Waals surface area contributed by atoms with Gasteiger partial charge >= 0.3 is 0 Å². The first kappa shape index (κ1) is 19.4. The van der Waals surface area contributed by atoms with Gasteiger partial charge in [0.1, 0.15) is 0 Å². The highest BCUT2D eigenvalue weighted by atomic mass is 16.5. The molecule has 1 unspecified atom stereocenters. The van der Waals surface area contributed by atoms with Crippen LogP contribution < -0.4 is 10.6 Å². The van der Waals surface area contributed by atoms with Crippen molar-refractivity contribution in [1.29, 1.82) is 0 Å². The van der Waals surface area contributed by atoms with E-state index >= 15 is 0 Å². The zero-order valence-electron chi connectivity index (χ0n) is 16.0. The van der Waals surface area contributed by atoms with Gasteiger partial charge in [-0.05, 0) is 30.5 Å². The highest BCUT2D eigenvalue weighted by molar-refractivity contribution is 5.78. The lowest BCUT2D eigenvalue weighted by molar-refractivity contribution is -0.123. The molecule has 3 rings (SSSR count). The van der Waals surface area contributed by atoms with E-state index in [1.165, 1.54) is 11.1 Å². The molecule has 0 aromatic heterocycles. The largest absolute Gasteiger partial charge is 0.379 e. The Morgan fingerprint density at radius 2 is 1.78 bits per heavy atom. The van der Waals surface area contributed by atoms with E-state index < -0.39 is 0 Å². The second-order valence-corrected chi connectivity index (χ2v) is 6.95. The molecule has 0 bridgehead atoms. The molecule has 2 N–H and O–H groups in total. The van der Waals surface area contributed by atoms with Gasteiger partial charge < -0.3 is 15.4 Å². The molecular weight excluding hydrogens is 338 g/mol. The number of hydrogen-bond donors (Lipinski definition) is 2. The molecule has 5 nitrogen and oxygen atoms in total. The number of amides is 1. The first-order valence-electron chi connectivity index (χ1n) is 9.66. The zero-order valence-corrected chi connectivity index (χ0v) is 16.0. The van der Waals surface area contributed by atoms with Gasteiger partial charge in [0.25, 0.3) is 0 Å². The van der Waals surface area contributed by atoms with Crippen LogP contribution in [0.5, 0.6) is 0 Å². The number of para-hydroxylation sites is 1. The number of carbonyl (C=O) groups excluding carboxylic acids is 1. The number of nitrogens with zero attached hydrogens (tertiary/aromatic N) is 1. The van der Waals surface area contributed by atoms with Crippen molar-refractivity contribution in [2.24, 2.45) is 0 Å². The van der Waals surface area contributed by atoms with Crippen LogP contribution in [0.3, 0.4) is 0 Å². The van der Waals surface area contributed by atoms with Crippen molar-refractivity contribution in [2.45, 2.75) is 19.4 Å². The maximum atomic E-state index is 12.2. The van der Waals surface area contributed by atoms with Crippen LogP contribution in [-0.4, -0.2) is 50.2 Å². The fourth-order valence-electron chi connectivity index (χ4n) is 3.30. The molecule has 1 aliphatic heterocycles. The number of aryl methyl sites for hydroxylation is 1. The molecule has 2 aromatic carbocycles. The molecule has 2 aromatic rings. The quantitative estimate of drug-likeness (QED) is 0.753. The highest BCUT2D eigenvalue weighted by Gasteiger charge is 2.15. The summed E-state index contributed by atoms with van der Waals surface area (Å²) in [5.41, 5.74) is 3.57. The van der Waals surface area contributed by atoms with Crippen molar-refractivity contribution in [3.8, 4) is 0 Å². The van der Waals surface area contributed by atoms with Crippen LogP contribution in [-0.2, 0) is 9.53 Å². The zero-order chi connectivity index (χ0) is 18.9. The van der Waals surface area contributed by atoms with E-state index in [1.807, 2.05) is 18.2 Å². The van der Waals surface area contributed by atoms with Crippen LogP contribution in [0.4, 0.5) is 5.69 Å². The van der Waals surface area contributed by atoms with Gasteiger partial charge in [0.15, 0.2) is 0 Å². The van der Waals surface area contributed by atoms with Crippen LogP contribution in [0, 0.1) is 6.92 Å². The topological polar surface area (TPSA) is 53.6 Å². The number of morpholine rings is 1. The lowest BCUT2D eigenvalue weighted by Gasteiger charge is -2.26. The van der Waals surface area contributed by atoms with Crippen molar-refractivity contribution in [3.05, 3.63) is 65.7 Å².